The molecule has 2 saturated heterocycles. The highest BCUT2D eigenvalue weighted by molar-refractivity contribution is 5.78. The highest BCUT2D eigenvalue weighted by atomic mass is 16.2. The Morgan fingerprint density at radius 2 is 1.61 bits per heavy atom. The molecule has 4 nitrogen and oxygen atoms in total. The van der Waals surface area contributed by atoms with Crippen LogP contribution in [0, 0.1) is 5.92 Å². The van der Waals surface area contributed by atoms with Crippen LogP contribution in [-0.2, 0) is 4.79 Å². The predicted octanol–water partition coefficient (Wildman–Crippen LogP) is 0.882. The molecule has 0 unspecified atom stereocenters. The van der Waals surface area contributed by atoms with Crippen LogP contribution < -0.4 is 0 Å². The van der Waals surface area contributed by atoms with Crippen LogP contribution >= 0.6 is 0 Å². The molecule has 2 fully saturated rings. The fraction of sp³-hybridized carbons (Fsp3) is 0.929. The van der Waals surface area contributed by atoms with E-state index in [4.69, 9.17) is 0 Å². The van der Waals surface area contributed by atoms with Crippen LogP contribution in [0.25, 0.3) is 0 Å². The van der Waals surface area contributed by atoms with E-state index in [1.54, 1.807) is 0 Å². The largest absolute Gasteiger partial charge is 0.339 e. The highest BCUT2D eigenvalue weighted by Crippen LogP contribution is 2.16. The van der Waals surface area contributed by atoms with Crippen LogP contribution in [0.4, 0.5) is 0 Å². The smallest absolute Gasteiger partial charge is 0.236 e. The first-order chi connectivity index (χ1) is 8.69. The summed E-state index contributed by atoms with van der Waals surface area (Å²) < 4.78 is 0. The molecule has 0 atom stereocenters. The number of carbonyl (C=O) groups is 1. The predicted molar refractivity (Wildman–Crippen MR) is 73.5 cm³/mol. The molecule has 0 aromatic rings. The first-order valence-corrected chi connectivity index (χ1v) is 7.41. The van der Waals surface area contributed by atoms with Crippen molar-refractivity contribution in [1.29, 1.82) is 0 Å². The summed E-state index contributed by atoms with van der Waals surface area (Å²) in [7, 11) is 0. The minimum atomic E-state index is 0.334. The lowest BCUT2D eigenvalue weighted by Gasteiger charge is -2.36. The number of likely N-dealkylation sites (N-methyl/N-ethyl adjacent to an activating group) is 1. The third kappa shape index (κ3) is 3.69. The zero-order valence-electron chi connectivity index (χ0n) is 11.9. The molecule has 1 amide bonds. The molecule has 0 aromatic heterocycles. The number of hydrogen-bond donors (Lipinski definition) is 0. The summed E-state index contributed by atoms with van der Waals surface area (Å²) in [5, 5.41) is 0. The van der Waals surface area contributed by atoms with E-state index in [2.05, 4.69) is 23.6 Å². The quantitative estimate of drug-likeness (QED) is 0.747. The SMILES string of the molecule is CCN1CCN(C(=O)CN2CCC(C)CC2)CC1. The van der Waals surface area contributed by atoms with Gasteiger partial charge in [0.1, 0.15) is 0 Å². The van der Waals surface area contributed by atoms with Crippen molar-refractivity contribution in [2.75, 3.05) is 52.4 Å². The standard InChI is InChI=1S/C14H27N3O/c1-3-15-8-10-17(11-9-15)14(18)12-16-6-4-13(2)5-7-16/h13H,3-12H2,1-2H3. The Bertz CT molecular complexity index is 266. The molecule has 18 heavy (non-hydrogen) atoms. The van der Waals surface area contributed by atoms with Gasteiger partial charge in [-0.3, -0.25) is 9.69 Å². The van der Waals surface area contributed by atoms with Gasteiger partial charge in [-0.15, -0.1) is 0 Å². The lowest BCUT2D eigenvalue weighted by atomic mass is 9.99. The molecule has 0 N–H and O–H groups in total. The van der Waals surface area contributed by atoms with Gasteiger partial charge in [0.25, 0.3) is 0 Å². The molecule has 2 aliphatic rings. The molecular weight excluding hydrogens is 226 g/mol. The summed E-state index contributed by atoms with van der Waals surface area (Å²) in [6.07, 6.45) is 2.49. The van der Waals surface area contributed by atoms with Crippen LogP contribution in [0.15, 0.2) is 0 Å². The van der Waals surface area contributed by atoms with Crippen molar-refractivity contribution >= 4 is 5.91 Å². The van der Waals surface area contributed by atoms with E-state index < -0.39 is 0 Å². The monoisotopic (exact) mass is 253 g/mol. The van der Waals surface area contributed by atoms with Gasteiger partial charge in [-0.1, -0.05) is 13.8 Å². The van der Waals surface area contributed by atoms with Gasteiger partial charge in [0.2, 0.25) is 5.91 Å². The van der Waals surface area contributed by atoms with Gasteiger partial charge in [0.15, 0.2) is 0 Å². The number of rotatable bonds is 3. The molecule has 2 rings (SSSR count). The number of carbonyl (C=O) groups excluding carboxylic acids is 1. The number of hydrogen-bond acceptors (Lipinski definition) is 3. The zero-order chi connectivity index (χ0) is 13.0. The normalized spacial score (nSPS) is 24.4. The first kappa shape index (κ1) is 13.8. The van der Waals surface area contributed by atoms with Crippen molar-refractivity contribution in [2.24, 2.45) is 5.92 Å². The second kappa shape index (κ2) is 6.53. The fourth-order valence-corrected chi connectivity index (χ4v) is 2.82. The highest BCUT2D eigenvalue weighted by Gasteiger charge is 2.23. The van der Waals surface area contributed by atoms with E-state index in [9.17, 15) is 4.79 Å². The van der Waals surface area contributed by atoms with E-state index in [0.717, 1.165) is 51.7 Å². The van der Waals surface area contributed by atoms with Gasteiger partial charge in [-0.25, -0.2) is 0 Å². The van der Waals surface area contributed by atoms with Gasteiger partial charge in [-0.2, -0.15) is 0 Å². The first-order valence-electron chi connectivity index (χ1n) is 7.41. The lowest BCUT2D eigenvalue weighted by Crippen LogP contribution is -2.51. The van der Waals surface area contributed by atoms with Gasteiger partial charge in [0, 0.05) is 26.2 Å². The van der Waals surface area contributed by atoms with E-state index in [-0.39, 0.29) is 0 Å². The second-order valence-corrected chi connectivity index (χ2v) is 5.77. The van der Waals surface area contributed by atoms with Crippen molar-refractivity contribution in [3.63, 3.8) is 0 Å². The van der Waals surface area contributed by atoms with E-state index in [1.807, 2.05) is 4.90 Å². The van der Waals surface area contributed by atoms with Crippen LogP contribution in [0.2, 0.25) is 0 Å². The Balaban J connectivity index is 1.72. The van der Waals surface area contributed by atoms with E-state index >= 15 is 0 Å². The Hall–Kier alpha value is -0.610. The molecule has 0 aromatic carbocycles. The average molecular weight is 253 g/mol. The molecule has 2 heterocycles. The van der Waals surface area contributed by atoms with Crippen molar-refractivity contribution < 1.29 is 4.79 Å². The topological polar surface area (TPSA) is 26.8 Å². The number of piperidine rings is 1. The maximum Gasteiger partial charge on any atom is 0.236 e. The summed E-state index contributed by atoms with van der Waals surface area (Å²) in [5.41, 5.74) is 0. The molecule has 104 valence electrons. The molecule has 0 aliphatic carbocycles. The summed E-state index contributed by atoms with van der Waals surface area (Å²) in [4.78, 5) is 19.0. The summed E-state index contributed by atoms with van der Waals surface area (Å²) >= 11 is 0. The molecule has 0 saturated carbocycles. The summed E-state index contributed by atoms with van der Waals surface area (Å²) in [5.74, 6) is 1.17. The maximum atomic E-state index is 12.2. The minimum Gasteiger partial charge on any atom is -0.339 e. The number of amides is 1. The minimum absolute atomic E-state index is 0.334. The third-order valence-electron chi connectivity index (χ3n) is 4.41. The summed E-state index contributed by atoms with van der Waals surface area (Å²) in [6.45, 7) is 12.3. The maximum absolute atomic E-state index is 12.2. The van der Waals surface area contributed by atoms with Crippen LogP contribution in [0.3, 0.4) is 0 Å². The Morgan fingerprint density at radius 3 is 2.17 bits per heavy atom. The molecule has 2 aliphatic heterocycles. The fourth-order valence-electron chi connectivity index (χ4n) is 2.82. The van der Waals surface area contributed by atoms with Gasteiger partial charge >= 0.3 is 0 Å². The molecule has 0 radical (unpaired) electrons. The zero-order valence-corrected chi connectivity index (χ0v) is 11.9. The Labute approximate surface area is 111 Å². The van der Waals surface area contributed by atoms with Crippen LogP contribution in [0.1, 0.15) is 26.7 Å². The molecule has 4 heteroatoms. The molecule has 0 bridgehead atoms. The van der Waals surface area contributed by atoms with E-state index in [1.165, 1.54) is 12.8 Å². The summed E-state index contributed by atoms with van der Waals surface area (Å²) in [6, 6.07) is 0. The van der Waals surface area contributed by atoms with Crippen molar-refractivity contribution in [1.82, 2.24) is 14.7 Å². The third-order valence-corrected chi connectivity index (χ3v) is 4.41. The lowest BCUT2D eigenvalue weighted by molar-refractivity contribution is -0.134. The second-order valence-electron chi connectivity index (χ2n) is 5.77. The van der Waals surface area contributed by atoms with Crippen LogP contribution in [0.5, 0.6) is 0 Å². The number of likely N-dealkylation sites (tertiary alicyclic amines) is 1. The number of nitrogens with zero attached hydrogens (tertiary/aromatic N) is 3. The molecular formula is C14H27N3O. The Morgan fingerprint density at radius 1 is 1.00 bits per heavy atom. The molecule has 0 spiro atoms. The van der Waals surface area contributed by atoms with Gasteiger partial charge in [-0.05, 0) is 38.4 Å². The van der Waals surface area contributed by atoms with Gasteiger partial charge in [0.05, 0.1) is 6.54 Å². The van der Waals surface area contributed by atoms with Gasteiger partial charge < -0.3 is 9.80 Å². The van der Waals surface area contributed by atoms with E-state index in [0.29, 0.717) is 12.5 Å². The Kier molecular flexibility index (Phi) is 5.01. The van der Waals surface area contributed by atoms with Crippen molar-refractivity contribution in [2.45, 2.75) is 26.7 Å². The van der Waals surface area contributed by atoms with Crippen molar-refractivity contribution in [3.05, 3.63) is 0 Å². The van der Waals surface area contributed by atoms with Crippen molar-refractivity contribution in [3.8, 4) is 0 Å². The average Bonchev–Trinajstić information content (AvgIpc) is 2.41. The number of piperazine rings is 1. The van der Waals surface area contributed by atoms with Crippen LogP contribution in [-0.4, -0.2) is 73.0 Å².